The summed E-state index contributed by atoms with van der Waals surface area (Å²) in [5.74, 6) is 0.132. The molecule has 1 aliphatic carbocycles. The van der Waals surface area contributed by atoms with Gasteiger partial charge in [0.25, 0.3) is 0 Å². The summed E-state index contributed by atoms with van der Waals surface area (Å²) >= 11 is 0. The molecule has 0 aliphatic heterocycles. The van der Waals surface area contributed by atoms with Crippen molar-refractivity contribution in [1.82, 2.24) is 0 Å². The lowest BCUT2D eigenvalue weighted by molar-refractivity contribution is -0.146. The predicted octanol–water partition coefficient (Wildman–Crippen LogP) is 4.73. The molecular formula is C21H32O4. The lowest BCUT2D eigenvalue weighted by Gasteiger charge is -2.25. The Kier molecular flexibility index (Phi) is 7.76. The van der Waals surface area contributed by atoms with Gasteiger partial charge in [0, 0.05) is 6.42 Å². The van der Waals surface area contributed by atoms with Crippen molar-refractivity contribution in [2.75, 3.05) is 13.2 Å². The highest BCUT2D eigenvalue weighted by Gasteiger charge is 2.21. The topological polar surface area (TPSA) is 55.8 Å². The van der Waals surface area contributed by atoms with E-state index in [-0.39, 0.29) is 17.1 Å². The summed E-state index contributed by atoms with van der Waals surface area (Å²) in [6.45, 7) is 5.18. The van der Waals surface area contributed by atoms with Crippen LogP contribution in [0.4, 0.5) is 0 Å². The summed E-state index contributed by atoms with van der Waals surface area (Å²) in [6, 6.07) is 7.29. The Morgan fingerprint density at radius 2 is 1.80 bits per heavy atom. The van der Waals surface area contributed by atoms with Gasteiger partial charge in [0.05, 0.1) is 12.7 Å². The standard InChI is InChI=1S/C21H32O4/c1-21(2,17-10-12-18(22)13-11-17)14-6-9-20(23)25-16-15-24-19-7-4-3-5-8-19/h10-13,19,22H,3-9,14-16H2,1-2H3. The van der Waals surface area contributed by atoms with Gasteiger partial charge in [-0.2, -0.15) is 0 Å². The van der Waals surface area contributed by atoms with E-state index >= 15 is 0 Å². The molecule has 0 unspecified atom stereocenters. The van der Waals surface area contributed by atoms with Gasteiger partial charge in [0.1, 0.15) is 12.4 Å². The maximum Gasteiger partial charge on any atom is 0.305 e. The second kappa shape index (κ2) is 9.81. The Morgan fingerprint density at radius 3 is 2.48 bits per heavy atom. The van der Waals surface area contributed by atoms with Gasteiger partial charge in [-0.1, -0.05) is 45.2 Å². The molecule has 1 aromatic carbocycles. The fourth-order valence-electron chi connectivity index (χ4n) is 3.41. The van der Waals surface area contributed by atoms with Gasteiger partial charge in [0.15, 0.2) is 0 Å². The van der Waals surface area contributed by atoms with Crippen molar-refractivity contribution < 1.29 is 19.4 Å². The first kappa shape index (κ1) is 19.8. The van der Waals surface area contributed by atoms with Crippen LogP contribution in [-0.2, 0) is 19.7 Å². The molecule has 4 heteroatoms. The van der Waals surface area contributed by atoms with E-state index < -0.39 is 0 Å². The third-order valence-corrected chi connectivity index (χ3v) is 5.08. The maximum absolute atomic E-state index is 11.9. The molecule has 0 spiro atoms. The molecule has 4 nitrogen and oxygen atoms in total. The molecule has 140 valence electrons. The quantitative estimate of drug-likeness (QED) is 0.518. The second-order valence-corrected chi connectivity index (χ2v) is 7.64. The summed E-state index contributed by atoms with van der Waals surface area (Å²) < 4.78 is 11.0. The van der Waals surface area contributed by atoms with Crippen LogP contribution in [0.25, 0.3) is 0 Å². The van der Waals surface area contributed by atoms with Crippen LogP contribution >= 0.6 is 0 Å². The maximum atomic E-state index is 11.9. The zero-order valence-corrected chi connectivity index (χ0v) is 15.6. The lowest BCUT2D eigenvalue weighted by atomic mass is 9.80. The largest absolute Gasteiger partial charge is 0.508 e. The van der Waals surface area contributed by atoms with Gasteiger partial charge >= 0.3 is 5.97 Å². The number of carbonyl (C=O) groups is 1. The molecule has 0 bridgehead atoms. The van der Waals surface area contributed by atoms with Crippen LogP contribution in [0.5, 0.6) is 5.75 Å². The Balaban J connectivity index is 1.58. The minimum Gasteiger partial charge on any atom is -0.508 e. The van der Waals surface area contributed by atoms with E-state index in [1.54, 1.807) is 12.1 Å². The highest BCUT2D eigenvalue weighted by atomic mass is 16.6. The number of ether oxygens (including phenoxy) is 2. The smallest absolute Gasteiger partial charge is 0.305 e. The van der Waals surface area contributed by atoms with E-state index in [2.05, 4.69) is 13.8 Å². The van der Waals surface area contributed by atoms with Gasteiger partial charge in [-0.3, -0.25) is 4.79 Å². The number of phenols is 1. The van der Waals surface area contributed by atoms with Gasteiger partial charge in [0.2, 0.25) is 0 Å². The number of carbonyl (C=O) groups excluding carboxylic acids is 1. The normalized spacial score (nSPS) is 15.9. The van der Waals surface area contributed by atoms with Crippen LogP contribution in [0, 0.1) is 0 Å². The first-order chi connectivity index (χ1) is 12.0. The fourth-order valence-corrected chi connectivity index (χ4v) is 3.41. The number of esters is 1. The highest BCUT2D eigenvalue weighted by Crippen LogP contribution is 2.30. The zero-order valence-electron chi connectivity index (χ0n) is 15.6. The van der Waals surface area contributed by atoms with E-state index in [9.17, 15) is 9.90 Å². The van der Waals surface area contributed by atoms with Gasteiger partial charge in [-0.05, 0) is 48.8 Å². The third kappa shape index (κ3) is 7.07. The first-order valence-corrected chi connectivity index (χ1v) is 9.54. The molecule has 1 saturated carbocycles. The van der Waals surface area contributed by atoms with E-state index in [1.807, 2.05) is 12.1 Å². The molecule has 1 fully saturated rings. The van der Waals surface area contributed by atoms with Gasteiger partial charge in [-0.15, -0.1) is 0 Å². The summed E-state index contributed by atoms with van der Waals surface area (Å²) in [4.78, 5) is 11.9. The van der Waals surface area contributed by atoms with Crippen LogP contribution in [0.2, 0.25) is 0 Å². The minimum atomic E-state index is -0.145. The zero-order chi connectivity index (χ0) is 18.1. The Morgan fingerprint density at radius 1 is 1.12 bits per heavy atom. The number of hydrogen-bond acceptors (Lipinski definition) is 4. The molecule has 0 saturated heterocycles. The summed E-state index contributed by atoms with van der Waals surface area (Å²) in [5.41, 5.74) is 1.14. The van der Waals surface area contributed by atoms with Crippen LogP contribution in [0.15, 0.2) is 24.3 Å². The molecule has 1 aromatic rings. The summed E-state index contributed by atoms with van der Waals surface area (Å²) in [5, 5.41) is 9.39. The Hall–Kier alpha value is -1.55. The first-order valence-electron chi connectivity index (χ1n) is 9.54. The summed E-state index contributed by atoms with van der Waals surface area (Å²) in [6.07, 6.45) is 8.57. The van der Waals surface area contributed by atoms with Gasteiger partial charge < -0.3 is 14.6 Å². The number of aromatic hydroxyl groups is 1. The van der Waals surface area contributed by atoms with Crippen LogP contribution in [0.3, 0.4) is 0 Å². The molecule has 0 atom stereocenters. The van der Waals surface area contributed by atoms with Gasteiger partial charge in [-0.25, -0.2) is 0 Å². The highest BCUT2D eigenvalue weighted by molar-refractivity contribution is 5.69. The summed E-state index contributed by atoms with van der Waals surface area (Å²) in [7, 11) is 0. The molecule has 1 N–H and O–H groups in total. The number of benzene rings is 1. The number of hydrogen-bond donors (Lipinski definition) is 1. The molecular weight excluding hydrogens is 316 g/mol. The number of phenolic OH excluding ortho intramolecular Hbond substituents is 1. The van der Waals surface area contributed by atoms with Crippen molar-refractivity contribution >= 4 is 5.97 Å². The molecule has 0 amide bonds. The monoisotopic (exact) mass is 348 g/mol. The van der Waals surface area contributed by atoms with Crippen molar-refractivity contribution in [3.8, 4) is 5.75 Å². The predicted molar refractivity (Wildman–Crippen MR) is 98.8 cm³/mol. The molecule has 0 aromatic heterocycles. The molecule has 2 rings (SSSR count). The lowest BCUT2D eigenvalue weighted by Crippen LogP contribution is -2.20. The van der Waals surface area contributed by atoms with E-state index in [1.165, 1.54) is 24.8 Å². The average Bonchev–Trinajstić information content (AvgIpc) is 2.60. The SMILES string of the molecule is CC(C)(CCCC(=O)OCCOC1CCCCC1)c1ccc(O)cc1. The van der Waals surface area contributed by atoms with E-state index in [0.717, 1.165) is 25.7 Å². The Labute approximate surface area is 151 Å². The van der Waals surface area contributed by atoms with Crippen molar-refractivity contribution in [1.29, 1.82) is 0 Å². The fraction of sp³-hybridized carbons (Fsp3) is 0.667. The van der Waals surface area contributed by atoms with E-state index in [0.29, 0.717) is 25.7 Å². The molecule has 25 heavy (non-hydrogen) atoms. The molecule has 1 aliphatic rings. The van der Waals surface area contributed by atoms with E-state index in [4.69, 9.17) is 9.47 Å². The van der Waals surface area contributed by atoms with Crippen LogP contribution in [-0.4, -0.2) is 30.4 Å². The van der Waals surface area contributed by atoms with Crippen LogP contribution in [0.1, 0.15) is 70.8 Å². The minimum absolute atomic E-state index is 0.0297. The Bertz CT molecular complexity index is 515. The average molecular weight is 348 g/mol. The van der Waals surface area contributed by atoms with Crippen molar-refractivity contribution in [2.45, 2.75) is 76.7 Å². The third-order valence-electron chi connectivity index (χ3n) is 5.08. The van der Waals surface area contributed by atoms with Crippen molar-refractivity contribution in [3.05, 3.63) is 29.8 Å². The second-order valence-electron chi connectivity index (χ2n) is 7.64. The number of rotatable bonds is 9. The molecule has 0 radical (unpaired) electrons. The van der Waals surface area contributed by atoms with Crippen molar-refractivity contribution in [3.63, 3.8) is 0 Å². The van der Waals surface area contributed by atoms with Crippen LogP contribution < -0.4 is 0 Å². The van der Waals surface area contributed by atoms with Crippen molar-refractivity contribution in [2.24, 2.45) is 0 Å². The molecule has 0 heterocycles.